The summed E-state index contributed by atoms with van der Waals surface area (Å²) in [5, 5.41) is 4.06. The Kier molecular flexibility index (Phi) is 3.31. The third-order valence-corrected chi connectivity index (χ3v) is 2.79. The van der Waals surface area contributed by atoms with E-state index in [1.807, 2.05) is 25.2 Å². The molecule has 0 amide bonds. The summed E-state index contributed by atoms with van der Waals surface area (Å²) in [6, 6.07) is 10.3. The first-order chi connectivity index (χ1) is 7.81. The Bertz CT molecular complexity index is 435. The second-order valence-corrected chi connectivity index (χ2v) is 3.85. The summed E-state index contributed by atoms with van der Waals surface area (Å²) in [6.45, 7) is 0.622. The average molecular weight is 216 g/mol. The van der Waals surface area contributed by atoms with Crippen molar-refractivity contribution >= 4 is 0 Å². The molecule has 1 aromatic heterocycles. The van der Waals surface area contributed by atoms with E-state index in [2.05, 4.69) is 22.2 Å². The van der Waals surface area contributed by atoms with E-state index in [0.29, 0.717) is 12.5 Å². The van der Waals surface area contributed by atoms with Gasteiger partial charge in [-0.2, -0.15) is 5.10 Å². The van der Waals surface area contributed by atoms with Crippen LogP contribution in [0.25, 0.3) is 0 Å². The van der Waals surface area contributed by atoms with Crippen molar-refractivity contribution in [3.05, 3.63) is 48.0 Å². The zero-order valence-electron chi connectivity index (χ0n) is 9.37. The van der Waals surface area contributed by atoms with Crippen molar-refractivity contribution in [3.63, 3.8) is 0 Å². The minimum Gasteiger partial charge on any atom is -0.330 e. The van der Waals surface area contributed by atoms with Gasteiger partial charge in [-0.1, -0.05) is 30.3 Å². The Morgan fingerprint density at radius 2 is 2.06 bits per heavy atom. The maximum absolute atomic E-state index is 5.81. The lowest BCUT2D eigenvalue weighted by atomic mass is 9.95. The Balaban J connectivity index is 2.16. The number of aryl methyl sites for hydroxylation is 1. The molecule has 0 bridgehead atoms. The van der Waals surface area contributed by atoms with Gasteiger partial charge >= 0.3 is 0 Å². The summed E-state index contributed by atoms with van der Waals surface area (Å²) in [4.78, 5) is 4.23. The van der Waals surface area contributed by atoms with E-state index >= 15 is 0 Å². The molecule has 0 aliphatic rings. The van der Waals surface area contributed by atoms with Crippen molar-refractivity contribution < 1.29 is 0 Å². The molecule has 1 heterocycles. The van der Waals surface area contributed by atoms with Gasteiger partial charge in [-0.05, 0) is 12.1 Å². The van der Waals surface area contributed by atoms with Crippen LogP contribution in [0.15, 0.2) is 36.7 Å². The van der Waals surface area contributed by atoms with Gasteiger partial charge in [-0.3, -0.25) is 4.68 Å². The highest BCUT2D eigenvalue weighted by Crippen LogP contribution is 2.18. The van der Waals surface area contributed by atoms with Crippen molar-refractivity contribution in [2.75, 3.05) is 6.54 Å². The zero-order chi connectivity index (χ0) is 11.4. The van der Waals surface area contributed by atoms with Crippen LogP contribution in [0, 0.1) is 0 Å². The molecule has 0 saturated heterocycles. The predicted octanol–water partition coefficient (Wildman–Crippen LogP) is 1.10. The fourth-order valence-corrected chi connectivity index (χ4v) is 1.79. The van der Waals surface area contributed by atoms with Crippen LogP contribution in [-0.4, -0.2) is 21.3 Å². The quantitative estimate of drug-likeness (QED) is 0.832. The summed E-state index contributed by atoms with van der Waals surface area (Å²) >= 11 is 0. The molecule has 0 saturated carbocycles. The number of benzene rings is 1. The number of aromatic nitrogens is 3. The summed E-state index contributed by atoms with van der Waals surface area (Å²) < 4.78 is 1.80. The zero-order valence-corrected chi connectivity index (χ0v) is 9.37. The number of nitrogens with two attached hydrogens (primary N) is 1. The smallest absolute Gasteiger partial charge is 0.138 e. The van der Waals surface area contributed by atoms with E-state index < -0.39 is 0 Å². The first-order valence-electron chi connectivity index (χ1n) is 5.39. The molecule has 1 aromatic carbocycles. The van der Waals surface area contributed by atoms with Crippen molar-refractivity contribution in [2.45, 2.75) is 12.3 Å². The Hall–Kier alpha value is -1.68. The lowest BCUT2D eigenvalue weighted by Crippen LogP contribution is -2.17. The molecule has 0 aliphatic heterocycles. The largest absolute Gasteiger partial charge is 0.330 e. The van der Waals surface area contributed by atoms with Gasteiger partial charge in [-0.15, -0.1) is 0 Å². The number of nitrogens with zero attached hydrogens (tertiary/aromatic N) is 3. The van der Waals surface area contributed by atoms with Gasteiger partial charge in [0.15, 0.2) is 0 Å². The first kappa shape index (κ1) is 10.8. The Morgan fingerprint density at radius 3 is 2.62 bits per heavy atom. The molecular weight excluding hydrogens is 200 g/mol. The fourth-order valence-electron chi connectivity index (χ4n) is 1.79. The fraction of sp³-hybridized carbons (Fsp3) is 0.333. The highest BCUT2D eigenvalue weighted by molar-refractivity contribution is 5.21. The van der Waals surface area contributed by atoms with Gasteiger partial charge in [0, 0.05) is 19.4 Å². The molecule has 1 atom stereocenters. The third kappa shape index (κ3) is 2.28. The maximum Gasteiger partial charge on any atom is 0.138 e. The monoisotopic (exact) mass is 216 g/mol. The van der Waals surface area contributed by atoms with Gasteiger partial charge in [0.2, 0.25) is 0 Å². The molecular formula is C12H16N4. The third-order valence-electron chi connectivity index (χ3n) is 2.79. The van der Waals surface area contributed by atoms with Gasteiger partial charge in [0.25, 0.3) is 0 Å². The molecule has 2 aromatic rings. The lowest BCUT2D eigenvalue weighted by Gasteiger charge is -2.14. The molecule has 0 radical (unpaired) electrons. The molecule has 0 aliphatic carbocycles. The minimum absolute atomic E-state index is 0.309. The summed E-state index contributed by atoms with van der Waals surface area (Å²) in [5.41, 5.74) is 7.07. The molecule has 84 valence electrons. The van der Waals surface area contributed by atoms with Crippen LogP contribution in [-0.2, 0) is 13.5 Å². The van der Waals surface area contributed by atoms with Crippen LogP contribution in [0.2, 0.25) is 0 Å². The van der Waals surface area contributed by atoms with E-state index in [-0.39, 0.29) is 0 Å². The average Bonchev–Trinajstić information content (AvgIpc) is 2.73. The molecule has 0 spiro atoms. The summed E-state index contributed by atoms with van der Waals surface area (Å²) in [7, 11) is 1.90. The molecule has 4 nitrogen and oxygen atoms in total. The van der Waals surface area contributed by atoms with Crippen LogP contribution in [0.3, 0.4) is 0 Å². The topological polar surface area (TPSA) is 56.7 Å². The second-order valence-electron chi connectivity index (χ2n) is 3.85. The Morgan fingerprint density at radius 1 is 1.31 bits per heavy atom. The van der Waals surface area contributed by atoms with Crippen molar-refractivity contribution in [1.82, 2.24) is 14.8 Å². The van der Waals surface area contributed by atoms with Crippen LogP contribution in [0.5, 0.6) is 0 Å². The van der Waals surface area contributed by atoms with Crippen molar-refractivity contribution in [2.24, 2.45) is 12.8 Å². The predicted molar refractivity (Wildman–Crippen MR) is 62.9 cm³/mol. The summed E-state index contributed by atoms with van der Waals surface area (Å²) in [5.74, 6) is 1.28. The normalized spacial score (nSPS) is 12.6. The number of hydrogen-bond donors (Lipinski definition) is 1. The lowest BCUT2D eigenvalue weighted by molar-refractivity contribution is 0.619. The highest BCUT2D eigenvalue weighted by atomic mass is 15.3. The highest BCUT2D eigenvalue weighted by Gasteiger charge is 2.13. The van der Waals surface area contributed by atoms with E-state index in [9.17, 15) is 0 Å². The SMILES string of the molecule is Cn1ncnc1CC(CN)c1ccccc1. The summed E-state index contributed by atoms with van der Waals surface area (Å²) in [6.07, 6.45) is 2.41. The molecule has 0 fully saturated rings. The van der Waals surface area contributed by atoms with E-state index in [4.69, 9.17) is 5.73 Å². The Labute approximate surface area is 95.1 Å². The van der Waals surface area contributed by atoms with Gasteiger partial charge in [0.05, 0.1) is 0 Å². The van der Waals surface area contributed by atoms with Crippen LogP contribution in [0.1, 0.15) is 17.3 Å². The maximum atomic E-state index is 5.81. The molecule has 4 heteroatoms. The van der Waals surface area contributed by atoms with Crippen molar-refractivity contribution in [1.29, 1.82) is 0 Å². The standard InChI is InChI=1S/C12H16N4/c1-16-12(14-9-15-16)7-11(8-13)10-5-3-2-4-6-10/h2-6,9,11H,7-8,13H2,1H3. The second kappa shape index (κ2) is 4.90. The van der Waals surface area contributed by atoms with Crippen molar-refractivity contribution in [3.8, 4) is 0 Å². The van der Waals surface area contributed by atoms with Crippen LogP contribution >= 0.6 is 0 Å². The van der Waals surface area contributed by atoms with Crippen LogP contribution in [0.4, 0.5) is 0 Å². The van der Waals surface area contributed by atoms with Gasteiger partial charge in [-0.25, -0.2) is 4.98 Å². The van der Waals surface area contributed by atoms with E-state index in [1.165, 1.54) is 5.56 Å². The number of hydrogen-bond acceptors (Lipinski definition) is 3. The minimum atomic E-state index is 0.309. The van der Waals surface area contributed by atoms with E-state index in [0.717, 1.165) is 12.2 Å². The molecule has 1 unspecified atom stereocenters. The van der Waals surface area contributed by atoms with Gasteiger partial charge < -0.3 is 5.73 Å². The molecule has 16 heavy (non-hydrogen) atoms. The number of rotatable bonds is 4. The van der Waals surface area contributed by atoms with Crippen LogP contribution < -0.4 is 5.73 Å². The van der Waals surface area contributed by atoms with E-state index in [1.54, 1.807) is 11.0 Å². The van der Waals surface area contributed by atoms with Gasteiger partial charge in [0.1, 0.15) is 12.2 Å². The first-order valence-corrected chi connectivity index (χ1v) is 5.39. The molecule has 2 rings (SSSR count). The molecule has 2 N–H and O–H groups in total.